The summed E-state index contributed by atoms with van der Waals surface area (Å²) in [7, 11) is 0. The van der Waals surface area contributed by atoms with Crippen molar-refractivity contribution < 1.29 is 14.7 Å². The van der Waals surface area contributed by atoms with Gasteiger partial charge in [-0.15, -0.1) is 12.3 Å². The maximum Gasteiger partial charge on any atom is 0.327 e. The van der Waals surface area contributed by atoms with Crippen LogP contribution in [0.4, 0.5) is 0 Å². The van der Waals surface area contributed by atoms with Crippen LogP contribution in [0.3, 0.4) is 0 Å². The zero-order chi connectivity index (χ0) is 12.1. The average molecular weight is 211 g/mol. The molecule has 0 aromatic rings. The molecule has 84 valence electrons. The van der Waals surface area contributed by atoms with Gasteiger partial charge in [-0.1, -0.05) is 20.8 Å². The Bertz CT molecular complexity index is 283. The first-order valence-corrected chi connectivity index (χ1v) is 4.72. The fourth-order valence-corrected chi connectivity index (χ4v) is 1.04. The van der Waals surface area contributed by atoms with E-state index in [1.807, 2.05) is 20.8 Å². The van der Waals surface area contributed by atoms with Crippen molar-refractivity contribution >= 4 is 11.9 Å². The van der Waals surface area contributed by atoms with E-state index in [0.717, 1.165) is 0 Å². The van der Waals surface area contributed by atoms with Crippen molar-refractivity contribution in [3.63, 3.8) is 0 Å². The number of carbonyl (C=O) groups is 2. The normalized spacial score (nSPS) is 12.7. The van der Waals surface area contributed by atoms with Crippen molar-refractivity contribution in [1.82, 2.24) is 5.32 Å². The van der Waals surface area contributed by atoms with Crippen molar-refractivity contribution in [3.8, 4) is 12.3 Å². The molecule has 2 N–H and O–H groups in total. The van der Waals surface area contributed by atoms with Crippen LogP contribution >= 0.6 is 0 Å². The fourth-order valence-electron chi connectivity index (χ4n) is 1.04. The minimum absolute atomic E-state index is 0.00517. The predicted octanol–water partition coefficient (Wildman–Crippen LogP) is 1.02. The van der Waals surface area contributed by atoms with Gasteiger partial charge in [0.05, 0.1) is 0 Å². The number of rotatable bonds is 4. The molecule has 0 spiro atoms. The molecule has 0 aliphatic heterocycles. The molecular formula is C11H17NO3. The van der Waals surface area contributed by atoms with Crippen LogP contribution in [0, 0.1) is 17.8 Å². The summed E-state index contributed by atoms with van der Waals surface area (Å²) in [4.78, 5) is 22.1. The van der Waals surface area contributed by atoms with Gasteiger partial charge >= 0.3 is 5.97 Å². The summed E-state index contributed by atoms with van der Waals surface area (Å²) in [6, 6.07) is -0.982. The molecule has 0 bridgehead atoms. The lowest BCUT2D eigenvalue weighted by atomic mass is 9.92. The standard InChI is InChI=1S/C11H17NO3/c1-5-6-8(10(14)15)12-9(13)7-11(2,3)4/h1,8H,6-7H2,2-4H3,(H,12,13)(H,14,15). The molecule has 4 heteroatoms. The molecule has 0 saturated heterocycles. The van der Waals surface area contributed by atoms with Crippen molar-refractivity contribution in [2.45, 2.75) is 39.7 Å². The number of nitrogens with one attached hydrogen (secondary N) is 1. The summed E-state index contributed by atoms with van der Waals surface area (Å²) in [5.74, 6) is 0.833. The van der Waals surface area contributed by atoms with E-state index in [1.54, 1.807) is 0 Å². The van der Waals surface area contributed by atoms with Gasteiger partial charge < -0.3 is 10.4 Å². The number of hydrogen-bond acceptors (Lipinski definition) is 2. The first-order chi connectivity index (χ1) is 6.76. The van der Waals surface area contributed by atoms with Gasteiger partial charge in [0.25, 0.3) is 0 Å². The quantitative estimate of drug-likeness (QED) is 0.682. The Morgan fingerprint density at radius 2 is 2.00 bits per heavy atom. The first-order valence-electron chi connectivity index (χ1n) is 4.72. The molecule has 0 fully saturated rings. The number of hydrogen-bond donors (Lipinski definition) is 2. The highest BCUT2D eigenvalue weighted by Gasteiger charge is 2.22. The minimum Gasteiger partial charge on any atom is -0.480 e. The maximum atomic E-state index is 11.4. The van der Waals surface area contributed by atoms with E-state index in [9.17, 15) is 9.59 Å². The fraction of sp³-hybridized carbons (Fsp3) is 0.636. The van der Waals surface area contributed by atoms with Crippen molar-refractivity contribution in [2.75, 3.05) is 0 Å². The molecule has 1 unspecified atom stereocenters. The molecule has 0 aromatic heterocycles. The van der Waals surface area contributed by atoms with E-state index in [2.05, 4.69) is 11.2 Å². The molecule has 4 nitrogen and oxygen atoms in total. The second kappa shape index (κ2) is 5.40. The van der Waals surface area contributed by atoms with Gasteiger partial charge in [0.2, 0.25) is 5.91 Å². The molecule has 1 atom stereocenters. The van der Waals surface area contributed by atoms with Gasteiger partial charge in [-0.3, -0.25) is 4.79 Å². The largest absolute Gasteiger partial charge is 0.480 e. The summed E-state index contributed by atoms with van der Waals surface area (Å²) in [5, 5.41) is 11.1. The summed E-state index contributed by atoms with van der Waals surface area (Å²) in [6.07, 6.45) is 5.29. The van der Waals surface area contributed by atoms with Crippen LogP contribution in [0.5, 0.6) is 0 Å². The highest BCUT2D eigenvalue weighted by molar-refractivity contribution is 5.84. The van der Waals surface area contributed by atoms with Crippen LogP contribution < -0.4 is 5.32 Å². The highest BCUT2D eigenvalue weighted by Crippen LogP contribution is 2.17. The van der Waals surface area contributed by atoms with Gasteiger partial charge in [-0.2, -0.15) is 0 Å². The van der Waals surface area contributed by atoms with Crippen LogP contribution in [-0.4, -0.2) is 23.0 Å². The van der Waals surface area contributed by atoms with Gasteiger partial charge in [0.15, 0.2) is 0 Å². The summed E-state index contributed by atoms with van der Waals surface area (Å²) < 4.78 is 0. The molecular weight excluding hydrogens is 194 g/mol. The topological polar surface area (TPSA) is 66.4 Å². The Labute approximate surface area is 90.1 Å². The van der Waals surface area contributed by atoms with Gasteiger partial charge in [-0.05, 0) is 5.41 Å². The van der Waals surface area contributed by atoms with Gasteiger partial charge in [0.1, 0.15) is 6.04 Å². The minimum atomic E-state index is -1.10. The van der Waals surface area contributed by atoms with Crippen LogP contribution in [0.1, 0.15) is 33.6 Å². The molecule has 0 heterocycles. The van der Waals surface area contributed by atoms with E-state index < -0.39 is 12.0 Å². The third-order valence-electron chi connectivity index (χ3n) is 1.65. The molecule has 1 amide bonds. The maximum absolute atomic E-state index is 11.4. The number of carbonyl (C=O) groups excluding carboxylic acids is 1. The number of amides is 1. The Morgan fingerprint density at radius 3 is 2.33 bits per heavy atom. The molecule has 15 heavy (non-hydrogen) atoms. The van der Waals surface area contributed by atoms with E-state index in [1.165, 1.54) is 0 Å². The third kappa shape index (κ3) is 6.55. The van der Waals surface area contributed by atoms with Crippen molar-refractivity contribution in [3.05, 3.63) is 0 Å². The Kier molecular flexibility index (Phi) is 4.86. The lowest BCUT2D eigenvalue weighted by molar-refractivity contribution is -0.141. The second-order valence-electron chi connectivity index (χ2n) is 4.60. The van der Waals surface area contributed by atoms with E-state index in [-0.39, 0.29) is 24.2 Å². The summed E-state index contributed by atoms with van der Waals surface area (Å²) >= 11 is 0. The van der Waals surface area contributed by atoms with Crippen LogP contribution in [-0.2, 0) is 9.59 Å². The first kappa shape index (κ1) is 13.5. The summed E-state index contributed by atoms with van der Waals surface area (Å²) in [5.41, 5.74) is -0.163. The molecule has 0 aliphatic rings. The number of carboxylic acid groups (broad SMARTS) is 1. The van der Waals surface area contributed by atoms with Gasteiger partial charge in [-0.25, -0.2) is 4.79 Å². The third-order valence-corrected chi connectivity index (χ3v) is 1.65. The molecule has 0 saturated carbocycles. The molecule has 0 aliphatic carbocycles. The Hall–Kier alpha value is -1.50. The van der Waals surface area contributed by atoms with E-state index in [0.29, 0.717) is 0 Å². The molecule has 0 radical (unpaired) electrons. The SMILES string of the molecule is C#CCC(NC(=O)CC(C)(C)C)C(=O)O. The van der Waals surface area contributed by atoms with E-state index >= 15 is 0 Å². The van der Waals surface area contributed by atoms with Crippen LogP contribution in [0.25, 0.3) is 0 Å². The lowest BCUT2D eigenvalue weighted by Gasteiger charge is -2.19. The number of terminal acetylenes is 1. The smallest absolute Gasteiger partial charge is 0.327 e. The second-order valence-corrected chi connectivity index (χ2v) is 4.60. The van der Waals surface area contributed by atoms with Crippen LogP contribution in [0.2, 0.25) is 0 Å². The summed E-state index contributed by atoms with van der Waals surface area (Å²) in [6.45, 7) is 5.72. The number of carboxylic acids is 1. The number of aliphatic carboxylic acids is 1. The average Bonchev–Trinajstić information content (AvgIpc) is 1.99. The Balaban J connectivity index is 4.25. The Morgan fingerprint density at radius 1 is 1.47 bits per heavy atom. The van der Waals surface area contributed by atoms with Gasteiger partial charge in [0, 0.05) is 12.8 Å². The zero-order valence-electron chi connectivity index (χ0n) is 9.33. The molecule has 0 aromatic carbocycles. The highest BCUT2D eigenvalue weighted by atomic mass is 16.4. The van der Waals surface area contributed by atoms with Crippen molar-refractivity contribution in [1.29, 1.82) is 0 Å². The molecule has 0 rings (SSSR count). The van der Waals surface area contributed by atoms with Crippen LogP contribution in [0.15, 0.2) is 0 Å². The lowest BCUT2D eigenvalue weighted by Crippen LogP contribution is -2.41. The van der Waals surface area contributed by atoms with Crippen molar-refractivity contribution in [2.24, 2.45) is 5.41 Å². The predicted molar refractivity (Wildman–Crippen MR) is 57.1 cm³/mol. The monoisotopic (exact) mass is 211 g/mol. The van der Waals surface area contributed by atoms with E-state index in [4.69, 9.17) is 11.5 Å². The zero-order valence-corrected chi connectivity index (χ0v) is 9.33.